The van der Waals surface area contributed by atoms with Crippen molar-refractivity contribution in [3.63, 3.8) is 0 Å². The Morgan fingerprint density at radius 3 is 1.89 bits per heavy atom. The van der Waals surface area contributed by atoms with Crippen LogP contribution in [0.25, 0.3) is 0 Å². The Hall–Kier alpha value is -1.21. The van der Waals surface area contributed by atoms with Gasteiger partial charge in [-0.1, -0.05) is 0 Å². The van der Waals surface area contributed by atoms with Crippen molar-refractivity contribution in [3.05, 3.63) is 0 Å². The highest BCUT2D eigenvalue weighted by molar-refractivity contribution is 5.53. The van der Waals surface area contributed by atoms with Crippen LogP contribution in [0.2, 0.25) is 0 Å². The third-order valence-electron chi connectivity index (χ3n) is 4.13. The molecule has 0 aromatic carbocycles. The molecule has 15 nitrogen and oxygen atoms in total. The van der Waals surface area contributed by atoms with E-state index in [4.69, 9.17) is 45.3 Å². The Balaban J connectivity index is 0.000000892. The number of ether oxygens (including phenoxy) is 3. The van der Waals surface area contributed by atoms with Gasteiger partial charge in [0.05, 0.1) is 13.2 Å². The molecule has 2 aliphatic heterocycles. The van der Waals surface area contributed by atoms with Crippen molar-refractivity contribution in [2.24, 2.45) is 5.90 Å². The monoisotopic (exact) mass is 419 g/mol. The van der Waals surface area contributed by atoms with Crippen LogP contribution < -0.4 is 5.90 Å². The minimum atomic E-state index is -2.12. The lowest BCUT2D eigenvalue weighted by Crippen LogP contribution is -2.63. The van der Waals surface area contributed by atoms with E-state index in [1.54, 1.807) is 0 Å². The summed E-state index contributed by atoms with van der Waals surface area (Å²) >= 11 is 0. The Kier molecular flexibility index (Phi) is 9.34. The van der Waals surface area contributed by atoms with Crippen LogP contribution in [0.1, 0.15) is 0 Å². The van der Waals surface area contributed by atoms with Gasteiger partial charge in [-0.2, -0.15) is 0 Å². The van der Waals surface area contributed by atoms with Crippen molar-refractivity contribution < 1.29 is 69.8 Å². The molecule has 0 unspecified atom stereocenters. The SMILES string of the molecule is NOC[C@@]1(O[C@@H]2O[C@@H](CO)[C@H](O)[C@@H](O)[C@@H]2O)O[C@H](CO)[C@@H](O)[C@@H]1O.O=C(O)O. The first-order valence-electron chi connectivity index (χ1n) is 7.91. The van der Waals surface area contributed by atoms with E-state index >= 15 is 0 Å². The second-order valence-corrected chi connectivity index (χ2v) is 5.99. The minimum absolute atomic E-state index is 0.614. The van der Waals surface area contributed by atoms with Crippen molar-refractivity contribution >= 4 is 6.16 Å². The van der Waals surface area contributed by atoms with Gasteiger partial charge in [0.1, 0.15) is 49.3 Å². The second kappa shape index (κ2) is 10.5. The molecule has 9 atom stereocenters. The fourth-order valence-corrected chi connectivity index (χ4v) is 2.73. The molecule has 0 spiro atoms. The van der Waals surface area contributed by atoms with Gasteiger partial charge in [-0.15, -0.1) is 0 Å². The van der Waals surface area contributed by atoms with Gasteiger partial charge in [0, 0.05) is 0 Å². The molecule has 0 radical (unpaired) electrons. The Morgan fingerprint density at radius 1 is 0.929 bits per heavy atom. The summed E-state index contributed by atoms with van der Waals surface area (Å²) in [5, 5.41) is 81.7. The third kappa shape index (κ3) is 5.44. The Bertz CT molecular complexity index is 490. The smallest absolute Gasteiger partial charge is 0.450 e. The molecule has 2 rings (SSSR count). The molecular weight excluding hydrogens is 394 g/mol. The van der Waals surface area contributed by atoms with Gasteiger partial charge in [-0.25, -0.2) is 10.7 Å². The lowest BCUT2D eigenvalue weighted by atomic mass is 9.99. The zero-order valence-corrected chi connectivity index (χ0v) is 14.4. The van der Waals surface area contributed by atoms with E-state index in [9.17, 15) is 25.5 Å². The number of aliphatic hydroxyl groups excluding tert-OH is 7. The maximum absolute atomic E-state index is 10.2. The van der Waals surface area contributed by atoms with Gasteiger partial charge >= 0.3 is 6.16 Å². The van der Waals surface area contributed by atoms with Gasteiger partial charge in [0.25, 0.3) is 0 Å². The van der Waals surface area contributed by atoms with Crippen molar-refractivity contribution in [2.75, 3.05) is 19.8 Å². The lowest BCUT2D eigenvalue weighted by molar-refractivity contribution is -0.385. The van der Waals surface area contributed by atoms with Crippen LogP contribution >= 0.6 is 0 Å². The van der Waals surface area contributed by atoms with Crippen molar-refractivity contribution in [2.45, 2.75) is 54.8 Å². The molecule has 2 aliphatic rings. The molecular formula is C13H25NO14. The number of nitrogens with two attached hydrogens (primary N) is 1. The Morgan fingerprint density at radius 2 is 1.46 bits per heavy atom. The number of carbonyl (C=O) groups is 1. The first-order chi connectivity index (χ1) is 13.0. The standard InChI is InChI=1S/C12H23NO11.CH2O3/c13-21-3-12(10(20)7(17)5(2-15)23-12)24-11-9(19)8(18)6(16)4(1-14)22-11;2-1(3)4/h4-11,14-20H,1-3,13H2;(H2,2,3,4)/t4-,5+,6-,7+,8+,9-,10-,11-,12-;/m0./s1. The largest absolute Gasteiger partial charge is 0.503 e. The van der Waals surface area contributed by atoms with Crippen molar-refractivity contribution in [3.8, 4) is 0 Å². The molecule has 11 N–H and O–H groups in total. The molecule has 0 amide bonds. The average Bonchev–Trinajstić information content (AvgIpc) is 2.87. The maximum atomic E-state index is 10.2. The van der Waals surface area contributed by atoms with E-state index in [1.807, 2.05) is 0 Å². The zero-order chi connectivity index (χ0) is 21.6. The summed E-state index contributed by atoms with van der Waals surface area (Å²) in [5.74, 6) is 2.87. The van der Waals surface area contributed by atoms with Crippen LogP contribution in [0.4, 0.5) is 4.79 Å². The minimum Gasteiger partial charge on any atom is -0.450 e. The highest BCUT2D eigenvalue weighted by Gasteiger charge is 2.58. The second-order valence-electron chi connectivity index (χ2n) is 5.99. The normalized spacial score (nSPS) is 43.3. The zero-order valence-electron chi connectivity index (χ0n) is 14.4. The van der Waals surface area contributed by atoms with Gasteiger partial charge in [0.2, 0.25) is 5.79 Å². The molecule has 15 heteroatoms. The van der Waals surface area contributed by atoms with E-state index in [0.717, 1.165) is 0 Å². The summed E-state index contributed by atoms with van der Waals surface area (Å²) in [6.07, 6.45) is -14.3. The molecule has 0 aromatic rings. The summed E-state index contributed by atoms with van der Waals surface area (Å²) in [7, 11) is 0. The van der Waals surface area contributed by atoms with E-state index in [0.29, 0.717) is 0 Å². The number of rotatable bonds is 6. The predicted molar refractivity (Wildman–Crippen MR) is 82.3 cm³/mol. The topological polar surface area (TPSA) is 262 Å². The maximum Gasteiger partial charge on any atom is 0.503 e. The fraction of sp³-hybridized carbons (Fsp3) is 0.923. The van der Waals surface area contributed by atoms with Crippen molar-refractivity contribution in [1.82, 2.24) is 0 Å². The summed E-state index contributed by atoms with van der Waals surface area (Å²) in [4.78, 5) is 13.0. The summed E-state index contributed by atoms with van der Waals surface area (Å²) in [5.41, 5.74) is 0. The first kappa shape index (κ1) is 24.8. The first-order valence-corrected chi connectivity index (χ1v) is 7.91. The van der Waals surface area contributed by atoms with Gasteiger partial charge < -0.3 is 60.2 Å². The number of aliphatic hydroxyl groups is 7. The fourth-order valence-electron chi connectivity index (χ4n) is 2.73. The van der Waals surface area contributed by atoms with E-state index in [-0.39, 0.29) is 0 Å². The quantitative estimate of drug-likeness (QED) is 0.180. The molecule has 0 bridgehead atoms. The van der Waals surface area contributed by atoms with E-state index in [1.165, 1.54) is 0 Å². The van der Waals surface area contributed by atoms with Crippen LogP contribution in [0.15, 0.2) is 0 Å². The van der Waals surface area contributed by atoms with E-state index < -0.39 is 80.8 Å². The van der Waals surface area contributed by atoms with Crippen LogP contribution in [-0.2, 0) is 19.0 Å². The number of hydrogen-bond donors (Lipinski definition) is 10. The lowest BCUT2D eigenvalue weighted by Gasteiger charge is -2.43. The number of hydrogen-bond acceptors (Lipinski definition) is 13. The van der Waals surface area contributed by atoms with Crippen LogP contribution in [-0.4, -0.2) is 127 Å². The molecule has 2 saturated heterocycles. The predicted octanol–water partition coefficient (Wildman–Crippen LogP) is -5.28. The summed E-state index contributed by atoms with van der Waals surface area (Å²) in [6.45, 7) is -1.95. The van der Waals surface area contributed by atoms with Gasteiger partial charge in [-0.05, 0) is 0 Å². The van der Waals surface area contributed by atoms with Crippen LogP contribution in [0.3, 0.4) is 0 Å². The molecule has 28 heavy (non-hydrogen) atoms. The van der Waals surface area contributed by atoms with Gasteiger partial charge in [0.15, 0.2) is 6.29 Å². The average molecular weight is 419 g/mol. The molecule has 0 saturated carbocycles. The highest BCUT2D eigenvalue weighted by atomic mass is 16.8. The Labute approximate surface area is 157 Å². The molecule has 2 heterocycles. The molecule has 0 aromatic heterocycles. The highest BCUT2D eigenvalue weighted by Crippen LogP contribution is 2.36. The summed E-state index contributed by atoms with van der Waals surface area (Å²) < 4.78 is 15.8. The molecule has 0 aliphatic carbocycles. The molecule has 166 valence electrons. The molecule has 2 fully saturated rings. The van der Waals surface area contributed by atoms with Gasteiger partial charge in [-0.3, -0.25) is 4.84 Å². The van der Waals surface area contributed by atoms with Crippen LogP contribution in [0, 0.1) is 0 Å². The van der Waals surface area contributed by atoms with E-state index in [2.05, 4.69) is 4.84 Å². The third-order valence-corrected chi connectivity index (χ3v) is 4.13. The summed E-state index contributed by atoms with van der Waals surface area (Å²) in [6, 6.07) is 0. The van der Waals surface area contributed by atoms with Crippen LogP contribution in [0.5, 0.6) is 0 Å². The number of carboxylic acid groups (broad SMARTS) is 2. The van der Waals surface area contributed by atoms with Crippen molar-refractivity contribution in [1.29, 1.82) is 0 Å².